The van der Waals surface area contributed by atoms with Crippen molar-refractivity contribution in [1.82, 2.24) is 44.2 Å². The first-order valence-corrected chi connectivity index (χ1v) is 13.7. The number of benzene rings is 1. The Morgan fingerprint density at radius 2 is 1.76 bits per heavy atom. The summed E-state index contributed by atoms with van der Waals surface area (Å²) in [7, 11) is 5.36. The van der Waals surface area contributed by atoms with Gasteiger partial charge in [-0.2, -0.15) is 18.3 Å². The van der Waals surface area contributed by atoms with E-state index in [-0.39, 0.29) is 6.04 Å². The molecule has 1 saturated carbocycles. The first-order valence-electron chi connectivity index (χ1n) is 13.7. The Balaban J connectivity index is 1.21. The number of likely N-dealkylation sites (tertiary alicyclic amines) is 1. The van der Waals surface area contributed by atoms with Crippen LogP contribution in [0, 0.1) is 0 Å². The van der Waals surface area contributed by atoms with Crippen LogP contribution in [0.25, 0.3) is 33.8 Å². The quantitative estimate of drug-likeness (QED) is 0.276. The molecule has 216 valence electrons. The van der Waals surface area contributed by atoms with Crippen molar-refractivity contribution in [2.24, 2.45) is 7.05 Å². The van der Waals surface area contributed by atoms with Crippen LogP contribution in [0.15, 0.2) is 43.0 Å². The van der Waals surface area contributed by atoms with Gasteiger partial charge in [-0.25, -0.2) is 24.9 Å². The molecular formula is C29H28F3N9O. The number of nitrogens with zero attached hydrogens (tertiary/aromatic N) is 9. The molecule has 2 aliphatic rings. The number of fused-ring (bicyclic) bond motifs is 1. The minimum absolute atomic E-state index is 0.0453. The number of ether oxygens (including phenoxy) is 1. The van der Waals surface area contributed by atoms with E-state index in [1.54, 1.807) is 22.6 Å². The predicted octanol–water partition coefficient (Wildman–Crippen LogP) is 4.67. The van der Waals surface area contributed by atoms with E-state index in [4.69, 9.17) is 14.8 Å². The molecule has 0 unspecified atom stereocenters. The fraction of sp³-hybridized carbons (Fsp3) is 0.379. The fourth-order valence-corrected chi connectivity index (χ4v) is 5.59. The van der Waals surface area contributed by atoms with Crippen molar-refractivity contribution in [3.63, 3.8) is 0 Å². The lowest BCUT2D eigenvalue weighted by Gasteiger charge is -2.37. The minimum atomic E-state index is -4.51. The van der Waals surface area contributed by atoms with Crippen molar-refractivity contribution in [1.29, 1.82) is 0 Å². The average Bonchev–Trinajstić information content (AvgIpc) is 3.64. The number of likely N-dealkylation sites (N-methyl/N-ethyl adjacent to an activating group) is 1. The van der Waals surface area contributed by atoms with Gasteiger partial charge >= 0.3 is 6.18 Å². The Morgan fingerprint density at radius 1 is 1.00 bits per heavy atom. The standard InChI is InChI=1S/C29H28F3N9O/c1-39-12-19(13-39)41-14-22(29(30,31)32)36-27(41)18-6-4-16(5-7-18)10-20-25-21(40(2)38-20)11-33-26(37-25)23-24(17-8-9-17)34-15-35-28(23)42-3/h4-7,11,14-15,17,19H,8-10,12-13H2,1-3H3. The molecule has 13 heteroatoms. The molecule has 0 bridgehead atoms. The summed E-state index contributed by atoms with van der Waals surface area (Å²) in [6.45, 7) is 1.36. The minimum Gasteiger partial charge on any atom is -0.480 e. The van der Waals surface area contributed by atoms with Gasteiger partial charge in [-0.1, -0.05) is 24.3 Å². The largest absolute Gasteiger partial charge is 0.480 e. The molecule has 1 saturated heterocycles. The number of hydrogen-bond donors (Lipinski definition) is 0. The van der Waals surface area contributed by atoms with E-state index >= 15 is 0 Å². The normalized spacial score (nSPS) is 16.2. The third-order valence-corrected chi connectivity index (χ3v) is 7.93. The smallest absolute Gasteiger partial charge is 0.434 e. The number of rotatable bonds is 7. The zero-order valence-corrected chi connectivity index (χ0v) is 23.3. The summed E-state index contributed by atoms with van der Waals surface area (Å²) in [5, 5.41) is 4.71. The van der Waals surface area contributed by atoms with Gasteiger partial charge in [-0.3, -0.25) is 4.68 Å². The van der Waals surface area contributed by atoms with Crippen molar-refractivity contribution < 1.29 is 17.9 Å². The van der Waals surface area contributed by atoms with Crippen LogP contribution in [0.3, 0.4) is 0 Å². The molecule has 10 nitrogen and oxygen atoms in total. The summed E-state index contributed by atoms with van der Waals surface area (Å²) in [5.41, 5.74) is 4.53. The average molecular weight is 576 g/mol. The molecule has 1 aliphatic carbocycles. The number of hydrogen-bond acceptors (Lipinski definition) is 8. The van der Waals surface area contributed by atoms with E-state index in [1.165, 1.54) is 6.33 Å². The highest BCUT2D eigenvalue weighted by molar-refractivity contribution is 5.80. The zero-order chi connectivity index (χ0) is 29.2. The number of alkyl halides is 3. The van der Waals surface area contributed by atoms with Crippen LogP contribution in [0.1, 0.15) is 47.4 Å². The molecule has 7 rings (SSSR count). The molecular weight excluding hydrogens is 547 g/mol. The van der Waals surface area contributed by atoms with Crippen LogP contribution in [0.2, 0.25) is 0 Å². The lowest BCUT2D eigenvalue weighted by Crippen LogP contribution is -2.44. The first-order chi connectivity index (χ1) is 20.2. The highest BCUT2D eigenvalue weighted by Crippen LogP contribution is 2.45. The second-order valence-electron chi connectivity index (χ2n) is 11.0. The maximum atomic E-state index is 13.5. The SMILES string of the molecule is COc1ncnc(C2CC2)c1-c1ncc2c(n1)c(Cc1ccc(-c3nc(C(F)(F)F)cn3C3CN(C)C3)cc1)nn2C. The van der Waals surface area contributed by atoms with Crippen LogP contribution in [-0.2, 0) is 19.6 Å². The molecule has 0 amide bonds. The third kappa shape index (κ3) is 4.67. The summed E-state index contributed by atoms with van der Waals surface area (Å²) < 4.78 is 49.5. The number of imidazole rings is 1. The summed E-state index contributed by atoms with van der Waals surface area (Å²) in [6, 6.07) is 7.38. The Hall–Kier alpha value is -4.39. The van der Waals surface area contributed by atoms with E-state index in [0.717, 1.165) is 41.5 Å². The Labute approximate surface area is 239 Å². The Kier molecular flexibility index (Phi) is 6.22. The molecule has 0 N–H and O–H groups in total. The highest BCUT2D eigenvalue weighted by atomic mass is 19.4. The van der Waals surface area contributed by atoms with Crippen LogP contribution in [0.5, 0.6) is 5.88 Å². The Bertz CT molecular complexity index is 1780. The maximum Gasteiger partial charge on any atom is 0.434 e. The van der Waals surface area contributed by atoms with E-state index in [0.29, 0.717) is 59.6 Å². The maximum absolute atomic E-state index is 13.5. The molecule has 2 fully saturated rings. The van der Waals surface area contributed by atoms with Gasteiger partial charge in [-0.15, -0.1) is 0 Å². The van der Waals surface area contributed by atoms with Gasteiger partial charge in [-0.05, 0) is 25.5 Å². The monoisotopic (exact) mass is 575 g/mol. The zero-order valence-electron chi connectivity index (χ0n) is 23.3. The van der Waals surface area contributed by atoms with E-state index in [2.05, 4.69) is 24.8 Å². The summed E-state index contributed by atoms with van der Waals surface area (Å²) in [6.07, 6.45) is 2.45. The molecule has 5 heterocycles. The van der Waals surface area contributed by atoms with Gasteiger partial charge in [0.05, 0.1) is 30.7 Å². The van der Waals surface area contributed by atoms with Crippen LogP contribution >= 0.6 is 0 Å². The number of aryl methyl sites for hydroxylation is 1. The molecule has 4 aromatic heterocycles. The molecule has 1 aliphatic heterocycles. The topological polar surface area (TPSA) is 99.7 Å². The summed E-state index contributed by atoms with van der Waals surface area (Å²) >= 11 is 0. The second-order valence-corrected chi connectivity index (χ2v) is 11.0. The summed E-state index contributed by atoms with van der Waals surface area (Å²) in [5.74, 6) is 1.59. The first kappa shape index (κ1) is 26.5. The van der Waals surface area contributed by atoms with Gasteiger partial charge in [0.2, 0.25) is 5.88 Å². The molecule has 0 radical (unpaired) electrons. The second kappa shape index (κ2) is 9.86. The fourth-order valence-electron chi connectivity index (χ4n) is 5.59. The lowest BCUT2D eigenvalue weighted by atomic mass is 10.1. The molecule has 1 aromatic carbocycles. The third-order valence-electron chi connectivity index (χ3n) is 7.93. The van der Waals surface area contributed by atoms with Crippen molar-refractivity contribution in [3.05, 3.63) is 65.6 Å². The van der Waals surface area contributed by atoms with Gasteiger partial charge < -0.3 is 14.2 Å². The van der Waals surface area contributed by atoms with Crippen molar-refractivity contribution in [3.8, 4) is 28.7 Å². The Morgan fingerprint density at radius 3 is 2.43 bits per heavy atom. The molecule has 42 heavy (non-hydrogen) atoms. The van der Waals surface area contributed by atoms with E-state index < -0.39 is 11.9 Å². The molecule has 5 aromatic rings. The van der Waals surface area contributed by atoms with E-state index in [9.17, 15) is 13.2 Å². The van der Waals surface area contributed by atoms with Crippen molar-refractivity contribution in [2.75, 3.05) is 27.2 Å². The number of halogens is 3. The van der Waals surface area contributed by atoms with Crippen LogP contribution in [0.4, 0.5) is 13.2 Å². The van der Waals surface area contributed by atoms with Gasteiger partial charge in [0.1, 0.15) is 28.7 Å². The van der Waals surface area contributed by atoms with E-state index in [1.807, 2.05) is 38.4 Å². The van der Waals surface area contributed by atoms with Gasteiger partial charge in [0.15, 0.2) is 11.5 Å². The van der Waals surface area contributed by atoms with Crippen LogP contribution in [-0.4, -0.2) is 71.4 Å². The van der Waals surface area contributed by atoms with Crippen molar-refractivity contribution >= 4 is 11.0 Å². The predicted molar refractivity (Wildman–Crippen MR) is 148 cm³/mol. The highest BCUT2D eigenvalue weighted by Gasteiger charge is 2.37. The van der Waals surface area contributed by atoms with Crippen molar-refractivity contribution in [2.45, 2.75) is 37.4 Å². The summed E-state index contributed by atoms with van der Waals surface area (Å²) in [4.78, 5) is 24.4. The van der Waals surface area contributed by atoms with Gasteiger partial charge in [0, 0.05) is 44.2 Å². The lowest BCUT2D eigenvalue weighted by molar-refractivity contribution is -0.141. The number of aromatic nitrogens is 8. The van der Waals surface area contributed by atoms with Gasteiger partial charge in [0.25, 0.3) is 0 Å². The van der Waals surface area contributed by atoms with Crippen LogP contribution < -0.4 is 4.74 Å². The molecule has 0 atom stereocenters. The number of methoxy groups -OCH3 is 1. The molecule has 0 spiro atoms.